The Morgan fingerprint density at radius 1 is 1.33 bits per heavy atom. The van der Waals surface area contributed by atoms with Gasteiger partial charge < -0.3 is 19.6 Å². The molecule has 18 heavy (non-hydrogen) atoms. The molecular formula is C11H10N2O5. The molecule has 0 atom stereocenters. The maximum Gasteiger partial charge on any atom is 0.374 e. The number of rotatable bonds is 3. The number of carbonyl (C=O) groups is 2. The molecule has 1 aromatic carbocycles. The number of nitrogens with one attached hydrogen (secondary N) is 1. The molecule has 7 heteroatoms. The van der Waals surface area contributed by atoms with Crippen molar-refractivity contribution < 1.29 is 24.2 Å². The number of H-pyrrole nitrogens is 1. The van der Waals surface area contributed by atoms with Gasteiger partial charge in [0.1, 0.15) is 11.3 Å². The van der Waals surface area contributed by atoms with E-state index in [4.69, 9.17) is 9.84 Å². The lowest BCUT2D eigenvalue weighted by atomic mass is 10.2. The molecule has 0 spiro atoms. The van der Waals surface area contributed by atoms with E-state index in [1.54, 1.807) is 0 Å². The summed E-state index contributed by atoms with van der Waals surface area (Å²) in [5.41, 5.74) is 0.814. The predicted octanol–water partition coefficient (Wildman–Crippen LogP) is 1.06. The monoisotopic (exact) mass is 250 g/mol. The van der Waals surface area contributed by atoms with Crippen LogP contribution in [-0.2, 0) is 4.74 Å². The van der Waals surface area contributed by atoms with E-state index >= 15 is 0 Å². The van der Waals surface area contributed by atoms with Gasteiger partial charge in [-0.3, -0.25) is 0 Å². The molecule has 0 amide bonds. The fourth-order valence-corrected chi connectivity index (χ4v) is 1.56. The van der Waals surface area contributed by atoms with Gasteiger partial charge in [0, 0.05) is 0 Å². The third-order valence-corrected chi connectivity index (χ3v) is 2.40. The van der Waals surface area contributed by atoms with E-state index in [0.717, 1.165) is 0 Å². The summed E-state index contributed by atoms with van der Waals surface area (Å²) in [5, 5.41) is 8.94. The quantitative estimate of drug-likeness (QED) is 0.789. The first-order valence-corrected chi connectivity index (χ1v) is 4.96. The number of ether oxygens (including phenoxy) is 2. The average molecular weight is 250 g/mol. The van der Waals surface area contributed by atoms with Gasteiger partial charge in [0.25, 0.3) is 0 Å². The maximum absolute atomic E-state index is 11.3. The first kappa shape index (κ1) is 11.9. The molecule has 0 radical (unpaired) electrons. The van der Waals surface area contributed by atoms with E-state index in [9.17, 15) is 9.59 Å². The number of hydrogen-bond donors (Lipinski definition) is 2. The van der Waals surface area contributed by atoms with Crippen LogP contribution in [-0.4, -0.2) is 41.2 Å². The Morgan fingerprint density at radius 2 is 2.06 bits per heavy atom. The van der Waals surface area contributed by atoms with Crippen molar-refractivity contribution in [1.29, 1.82) is 0 Å². The molecule has 0 aliphatic carbocycles. The Balaban J connectivity index is 2.67. The van der Waals surface area contributed by atoms with Gasteiger partial charge in [-0.2, -0.15) is 0 Å². The normalized spacial score (nSPS) is 10.3. The van der Waals surface area contributed by atoms with E-state index in [2.05, 4.69) is 14.7 Å². The van der Waals surface area contributed by atoms with Crippen LogP contribution >= 0.6 is 0 Å². The van der Waals surface area contributed by atoms with E-state index in [1.165, 1.54) is 26.4 Å². The summed E-state index contributed by atoms with van der Waals surface area (Å²) in [4.78, 5) is 29.0. The second kappa shape index (κ2) is 4.36. The standard InChI is InChI=1S/C11H10N2O5/c1-17-7-4-5(10(14)15)3-6-8(7)13-9(12-6)11(16)18-2/h3-4H,1-2H3,(H,12,13)(H,14,15). The highest BCUT2D eigenvalue weighted by molar-refractivity contribution is 5.97. The van der Waals surface area contributed by atoms with Crippen LogP contribution in [0.25, 0.3) is 11.0 Å². The van der Waals surface area contributed by atoms with Crippen LogP contribution < -0.4 is 4.74 Å². The van der Waals surface area contributed by atoms with Crippen molar-refractivity contribution in [2.24, 2.45) is 0 Å². The summed E-state index contributed by atoms with van der Waals surface area (Å²) in [7, 11) is 2.63. The van der Waals surface area contributed by atoms with Gasteiger partial charge >= 0.3 is 11.9 Å². The number of imidazole rings is 1. The highest BCUT2D eigenvalue weighted by atomic mass is 16.5. The number of nitrogens with zero attached hydrogens (tertiary/aromatic N) is 1. The lowest BCUT2D eigenvalue weighted by Gasteiger charge is -2.01. The Hall–Kier alpha value is -2.57. The minimum absolute atomic E-state index is 0.00617. The first-order chi connectivity index (χ1) is 8.56. The molecule has 7 nitrogen and oxygen atoms in total. The van der Waals surface area contributed by atoms with Crippen molar-refractivity contribution in [3.8, 4) is 5.75 Å². The fraction of sp³-hybridized carbons (Fsp3) is 0.182. The van der Waals surface area contributed by atoms with E-state index in [1.807, 2.05) is 0 Å². The van der Waals surface area contributed by atoms with Crippen LogP contribution in [0.1, 0.15) is 21.0 Å². The summed E-state index contributed by atoms with van der Waals surface area (Å²) in [6.07, 6.45) is 0. The number of carboxylic acids is 1. The van der Waals surface area contributed by atoms with E-state index < -0.39 is 11.9 Å². The summed E-state index contributed by atoms with van der Waals surface area (Å²) in [5.74, 6) is -1.46. The molecular weight excluding hydrogens is 240 g/mol. The van der Waals surface area contributed by atoms with Crippen molar-refractivity contribution in [3.63, 3.8) is 0 Å². The average Bonchev–Trinajstić information content (AvgIpc) is 2.80. The number of methoxy groups -OCH3 is 2. The van der Waals surface area contributed by atoms with Crippen LogP contribution in [0.15, 0.2) is 12.1 Å². The van der Waals surface area contributed by atoms with E-state index in [0.29, 0.717) is 11.0 Å². The van der Waals surface area contributed by atoms with Crippen LogP contribution in [0, 0.1) is 0 Å². The molecule has 2 rings (SSSR count). The Bertz CT molecular complexity index is 632. The molecule has 0 unspecified atom stereocenters. The zero-order valence-electron chi connectivity index (χ0n) is 9.68. The summed E-state index contributed by atoms with van der Waals surface area (Å²) >= 11 is 0. The fourth-order valence-electron chi connectivity index (χ4n) is 1.56. The number of carboxylic acid groups (broad SMARTS) is 1. The third kappa shape index (κ3) is 1.86. The number of hydrogen-bond acceptors (Lipinski definition) is 5. The minimum atomic E-state index is -1.09. The lowest BCUT2D eigenvalue weighted by Crippen LogP contribution is -2.02. The van der Waals surface area contributed by atoms with Gasteiger partial charge in [0.15, 0.2) is 0 Å². The van der Waals surface area contributed by atoms with Gasteiger partial charge in [0.2, 0.25) is 5.82 Å². The van der Waals surface area contributed by atoms with Crippen molar-refractivity contribution >= 4 is 23.0 Å². The van der Waals surface area contributed by atoms with Crippen molar-refractivity contribution in [2.75, 3.05) is 14.2 Å². The Labute approximate surface area is 101 Å². The molecule has 0 aliphatic rings. The molecule has 0 saturated heterocycles. The predicted molar refractivity (Wildman–Crippen MR) is 60.9 cm³/mol. The van der Waals surface area contributed by atoms with Crippen LogP contribution in [0.5, 0.6) is 5.75 Å². The molecule has 1 aromatic heterocycles. The molecule has 0 bridgehead atoms. The molecule has 0 aliphatic heterocycles. The van der Waals surface area contributed by atoms with Crippen LogP contribution in [0.2, 0.25) is 0 Å². The van der Waals surface area contributed by atoms with E-state index in [-0.39, 0.29) is 17.1 Å². The Morgan fingerprint density at radius 3 is 2.61 bits per heavy atom. The first-order valence-electron chi connectivity index (χ1n) is 4.96. The minimum Gasteiger partial charge on any atom is -0.494 e. The van der Waals surface area contributed by atoms with Crippen molar-refractivity contribution in [2.45, 2.75) is 0 Å². The second-order valence-electron chi connectivity index (χ2n) is 3.46. The van der Waals surface area contributed by atoms with Crippen LogP contribution in [0.3, 0.4) is 0 Å². The second-order valence-corrected chi connectivity index (χ2v) is 3.46. The Kier molecular flexibility index (Phi) is 2.88. The molecule has 94 valence electrons. The molecule has 0 saturated carbocycles. The van der Waals surface area contributed by atoms with Gasteiger partial charge in [-0.25, -0.2) is 14.6 Å². The number of carbonyl (C=O) groups excluding carboxylic acids is 1. The van der Waals surface area contributed by atoms with Crippen LogP contribution in [0.4, 0.5) is 0 Å². The maximum atomic E-state index is 11.3. The lowest BCUT2D eigenvalue weighted by molar-refractivity contribution is 0.0587. The zero-order chi connectivity index (χ0) is 13.3. The largest absolute Gasteiger partial charge is 0.494 e. The number of benzene rings is 1. The highest BCUT2D eigenvalue weighted by Crippen LogP contribution is 2.26. The zero-order valence-corrected chi connectivity index (χ0v) is 9.68. The molecule has 1 heterocycles. The SMILES string of the molecule is COC(=O)c1nc2c(OC)cc(C(=O)O)cc2[nH]1. The number of aromatic carboxylic acids is 1. The molecule has 0 fully saturated rings. The van der Waals surface area contributed by atoms with Gasteiger partial charge in [-0.05, 0) is 12.1 Å². The summed E-state index contributed by atoms with van der Waals surface area (Å²) in [6.45, 7) is 0. The number of aromatic nitrogens is 2. The molecule has 2 aromatic rings. The van der Waals surface area contributed by atoms with Gasteiger partial charge in [-0.15, -0.1) is 0 Å². The molecule has 2 N–H and O–H groups in total. The van der Waals surface area contributed by atoms with Crippen molar-refractivity contribution in [1.82, 2.24) is 9.97 Å². The highest BCUT2D eigenvalue weighted by Gasteiger charge is 2.17. The number of esters is 1. The smallest absolute Gasteiger partial charge is 0.374 e. The number of fused-ring (bicyclic) bond motifs is 1. The van der Waals surface area contributed by atoms with Gasteiger partial charge in [-0.1, -0.05) is 0 Å². The topological polar surface area (TPSA) is 102 Å². The number of aromatic amines is 1. The van der Waals surface area contributed by atoms with Crippen molar-refractivity contribution in [3.05, 3.63) is 23.5 Å². The summed E-state index contributed by atoms with van der Waals surface area (Å²) in [6, 6.07) is 2.71. The third-order valence-electron chi connectivity index (χ3n) is 2.40. The van der Waals surface area contributed by atoms with Gasteiger partial charge in [0.05, 0.1) is 25.3 Å². The summed E-state index contributed by atoms with van der Waals surface area (Å²) < 4.78 is 9.57.